The van der Waals surface area contributed by atoms with Crippen LogP contribution < -0.4 is 9.79 Å². The first-order valence-electron chi connectivity index (χ1n) is 5.92. The number of hydrogen-bond acceptors (Lipinski definition) is 6. The van der Waals surface area contributed by atoms with E-state index in [4.69, 9.17) is 0 Å². The van der Waals surface area contributed by atoms with Gasteiger partial charge in [0.1, 0.15) is 15.2 Å². The average Bonchev–Trinajstić information content (AvgIpc) is 2.15. The van der Waals surface area contributed by atoms with E-state index < -0.39 is 15.2 Å². The first-order chi connectivity index (χ1) is 7.95. The zero-order valence-electron chi connectivity index (χ0n) is 12.2. The van der Waals surface area contributed by atoms with Gasteiger partial charge in [-0.2, -0.15) is 0 Å². The van der Waals surface area contributed by atoms with Crippen LogP contribution in [0.1, 0.15) is 41.5 Å². The van der Waals surface area contributed by atoms with Crippen LogP contribution in [0.5, 0.6) is 0 Å². The van der Waals surface area contributed by atoms with Crippen LogP contribution in [0.2, 0.25) is 0 Å². The Balaban J connectivity index is -0.000000256. The maximum atomic E-state index is 10.6. The number of hydrogen-bond donors (Lipinski definition) is 0. The van der Waals surface area contributed by atoms with Crippen LogP contribution >= 0.6 is 15.2 Å². The molecule has 6 nitrogen and oxygen atoms in total. The van der Waals surface area contributed by atoms with Gasteiger partial charge in [-0.05, 0) is 27.7 Å². The molecule has 0 rings (SSSR count). The van der Waals surface area contributed by atoms with Crippen LogP contribution in [-0.2, 0) is 35.0 Å². The third-order valence-electron chi connectivity index (χ3n) is 1.52. The van der Waals surface area contributed by atoms with Gasteiger partial charge in [-0.25, -0.2) is 0 Å². The summed E-state index contributed by atoms with van der Waals surface area (Å²) in [6.45, 7) is 9.91. The molecule has 9 heteroatoms. The van der Waals surface area contributed by atoms with Crippen LogP contribution in [0.15, 0.2) is 0 Å². The maximum Gasteiger partial charge on any atom is 2.00 e. The summed E-state index contributed by atoms with van der Waals surface area (Å²) in [5.41, 5.74) is 0. The van der Waals surface area contributed by atoms with Crippen molar-refractivity contribution >= 4 is 15.2 Å². The van der Waals surface area contributed by atoms with Gasteiger partial charge in [0.05, 0.1) is 12.2 Å². The Labute approximate surface area is 126 Å². The van der Waals surface area contributed by atoms with Gasteiger partial charge >= 0.3 is 16.8 Å². The molecule has 2 atom stereocenters. The third kappa shape index (κ3) is 18.8. The van der Waals surface area contributed by atoms with Gasteiger partial charge in [0.15, 0.2) is 0 Å². The Bertz CT molecular complexity index is 278. The fourth-order valence-corrected chi connectivity index (χ4v) is 2.37. The topological polar surface area (TPSA) is 98.7 Å². The summed E-state index contributed by atoms with van der Waals surface area (Å²) in [4.78, 5) is 21.2. The summed E-state index contributed by atoms with van der Waals surface area (Å²) in [7, 11) is -6.96. The van der Waals surface area contributed by atoms with E-state index in [1.165, 1.54) is 0 Å². The smallest absolute Gasteiger partial charge is 0.778 e. The quantitative estimate of drug-likeness (QED) is 0.671. The summed E-state index contributed by atoms with van der Waals surface area (Å²) in [6, 6.07) is 0. The second-order valence-corrected chi connectivity index (χ2v) is 8.29. The Morgan fingerprint density at radius 3 is 1.11 bits per heavy atom. The molecular weight excluding hydrogens is 337 g/mol. The molecule has 2 unspecified atom stereocenters. The molecule has 0 fully saturated rings. The fraction of sp³-hybridized carbons (Fsp3) is 1.00. The van der Waals surface area contributed by atoms with Crippen LogP contribution in [-0.4, -0.2) is 24.5 Å². The molecule has 0 heterocycles. The van der Waals surface area contributed by atoms with Crippen molar-refractivity contribution in [2.45, 2.75) is 53.8 Å². The van der Waals surface area contributed by atoms with Gasteiger partial charge in [-0.1, -0.05) is 13.8 Å². The summed E-state index contributed by atoms with van der Waals surface area (Å²) in [6.07, 6.45) is -0.308. The second kappa shape index (κ2) is 11.5. The normalized spacial score (nSPS) is 16.9. The summed E-state index contributed by atoms with van der Waals surface area (Å²) < 4.78 is 30.4. The molecule has 119 valence electrons. The average molecular weight is 361 g/mol. The van der Waals surface area contributed by atoms with E-state index in [2.05, 4.69) is 9.05 Å². The van der Waals surface area contributed by atoms with Crippen LogP contribution in [0.3, 0.4) is 0 Å². The molecule has 0 aromatic heterocycles. The molecule has 19 heavy (non-hydrogen) atoms. The molecule has 0 aliphatic carbocycles. The minimum atomic E-state index is -3.48. The number of rotatable bonds is 6. The van der Waals surface area contributed by atoms with Crippen LogP contribution in [0.25, 0.3) is 0 Å². The van der Waals surface area contributed by atoms with Crippen molar-refractivity contribution in [3.63, 3.8) is 0 Å². The standard InChI is InChI=1S/2C5H13O3P.Co/c2*1-4-9(6,7)8-5(2)3;/h2*5H,4H2,1-3H3,(H,6,7);/q;;+2/p-2. The minimum Gasteiger partial charge on any atom is -0.778 e. The maximum absolute atomic E-state index is 10.6. The van der Waals surface area contributed by atoms with Crippen LogP contribution in [0, 0.1) is 0 Å². The van der Waals surface area contributed by atoms with Gasteiger partial charge in [0, 0.05) is 12.3 Å². The van der Waals surface area contributed by atoms with E-state index in [0.717, 1.165) is 0 Å². The predicted octanol–water partition coefficient (Wildman–Crippen LogP) is 1.97. The summed E-state index contributed by atoms with van der Waals surface area (Å²) in [5.74, 6) is 0. The molecular formula is C10H24CoO6P2. The molecule has 0 saturated carbocycles. The monoisotopic (exact) mass is 361 g/mol. The van der Waals surface area contributed by atoms with Crippen molar-refractivity contribution in [1.29, 1.82) is 0 Å². The van der Waals surface area contributed by atoms with Crippen molar-refractivity contribution in [2.75, 3.05) is 12.3 Å². The van der Waals surface area contributed by atoms with Crippen molar-refractivity contribution in [3.05, 3.63) is 0 Å². The Kier molecular flexibility index (Phi) is 15.0. The van der Waals surface area contributed by atoms with E-state index in [0.29, 0.717) is 0 Å². The van der Waals surface area contributed by atoms with Gasteiger partial charge < -0.3 is 28.0 Å². The fourth-order valence-electron chi connectivity index (χ4n) is 0.791. The van der Waals surface area contributed by atoms with Gasteiger partial charge in [-0.15, -0.1) is 0 Å². The van der Waals surface area contributed by atoms with Crippen LogP contribution in [0.4, 0.5) is 0 Å². The van der Waals surface area contributed by atoms with Crippen molar-refractivity contribution in [3.8, 4) is 0 Å². The van der Waals surface area contributed by atoms with E-state index in [9.17, 15) is 18.9 Å². The molecule has 0 aromatic rings. The minimum absolute atomic E-state index is 0. The SMILES string of the molecule is CCP(=O)([O-])OC(C)C.CCP(=O)([O-])OC(C)C.[Co+2]. The van der Waals surface area contributed by atoms with Crippen molar-refractivity contribution in [1.82, 2.24) is 0 Å². The van der Waals surface area contributed by atoms with E-state index in [1.807, 2.05) is 0 Å². The van der Waals surface area contributed by atoms with Crippen molar-refractivity contribution < 1.29 is 44.7 Å². The molecule has 0 N–H and O–H groups in total. The molecule has 0 amide bonds. The second-order valence-electron chi connectivity index (χ2n) is 4.16. The zero-order chi connectivity index (χ0) is 15.0. The Hall–Kier alpha value is 0.806. The third-order valence-corrected chi connectivity index (χ3v) is 4.55. The first kappa shape index (κ1) is 24.8. The Morgan fingerprint density at radius 2 is 1.05 bits per heavy atom. The molecule has 0 aliphatic heterocycles. The first-order valence-corrected chi connectivity index (χ1v) is 9.38. The summed E-state index contributed by atoms with van der Waals surface area (Å²) in [5, 5.41) is 0. The van der Waals surface area contributed by atoms with Gasteiger partial charge in [0.25, 0.3) is 0 Å². The van der Waals surface area contributed by atoms with E-state index in [1.54, 1.807) is 41.5 Å². The van der Waals surface area contributed by atoms with E-state index in [-0.39, 0.29) is 41.3 Å². The molecule has 1 radical (unpaired) electrons. The molecule has 0 aromatic carbocycles. The zero-order valence-corrected chi connectivity index (χ0v) is 15.1. The summed E-state index contributed by atoms with van der Waals surface area (Å²) >= 11 is 0. The van der Waals surface area contributed by atoms with Crippen molar-refractivity contribution in [2.24, 2.45) is 0 Å². The molecule has 0 bridgehead atoms. The molecule has 0 saturated heterocycles. The Morgan fingerprint density at radius 1 is 0.842 bits per heavy atom. The van der Waals surface area contributed by atoms with Gasteiger partial charge in [0.2, 0.25) is 0 Å². The van der Waals surface area contributed by atoms with Gasteiger partial charge in [-0.3, -0.25) is 0 Å². The van der Waals surface area contributed by atoms with E-state index >= 15 is 0 Å². The predicted molar refractivity (Wildman–Crippen MR) is 68.7 cm³/mol. The molecule has 0 spiro atoms. The largest absolute Gasteiger partial charge is 2.00 e. The molecule has 0 aliphatic rings.